The van der Waals surface area contributed by atoms with Gasteiger partial charge < -0.3 is 20.9 Å². The molecule has 5 nitrogen and oxygen atoms in total. The molecule has 1 atom stereocenters. The number of aliphatic hydroxyl groups is 1. The summed E-state index contributed by atoms with van der Waals surface area (Å²) in [5.74, 6) is 0.271. The normalized spacial score (nSPS) is 20.4. The predicted molar refractivity (Wildman–Crippen MR) is 71.4 cm³/mol. The van der Waals surface area contributed by atoms with Crippen molar-refractivity contribution in [1.82, 2.24) is 0 Å². The lowest BCUT2D eigenvalue weighted by atomic mass is 10.1. The fraction of sp³-hybridized carbons (Fsp3) is 0.417. The van der Waals surface area contributed by atoms with Crippen molar-refractivity contribution >= 4 is 23.1 Å². The number of oxime groups is 1. The quantitative estimate of drug-likeness (QED) is 0.334. The molecule has 0 saturated carbocycles. The van der Waals surface area contributed by atoms with E-state index in [4.69, 9.17) is 27.6 Å². The van der Waals surface area contributed by atoms with Gasteiger partial charge in [-0.3, -0.25) is 0 Å². The van der Waals surface area contributed by atoms with E-state index < -0.39 is 0 Å². The molecule has 0 spiro atoms. The Bertz CT molecular complexity index is 465. The van der Waals surface area contributed by atoms with Gasteiger partial charge in [-0.1, -0.05) is 22.8 Å². The average molecular weight is 270 g/mol. The van der Waals surface area contributed by atoms with Crippen LogP contribution in [-0.4, -0.2) is 35.8 Å². The zero-order chi connectivity index (χ0) is 13.1. The smallest absolute Gasteiger partial charge is 0.173 e. The number of anilines is 1. The molecule has 1 aromatic carbocycles. The Hall–Kier alpha value is -1.46. The largest absolute Gasteiger partial charge is 0.409 e. The van der Waals surface area contributed by atoms with Crippen LogP contribution in [0.1, 0.15) is 12.0 Å². The summed E-state index contributed by atoms with van der Waals surface area (Å²) in [7, 11) is 0. The van der Waals surface area contributed by atoms with E-state index in [-0.39, 0.29) is 18.4 Å². The number of nitrogens with zero attached hydrogens (tertiary/aromatic N) is 2. The molecule has 1 saturated heterocycles. The van der Waals surface area contributed by atoms with Gasteiger partial charge in [0.15, 0.2) is 5.84 Å². The van der Waals surface area contributed by atoms with E-state index in [1.165, 1.54) is 0 Å². The number of hydrogen-bond acceptors (Lipinski definition) is 4. The van der Waals surface area contributed by atoms with Gasteiger partial charge in [-0.25, -0.2) is 0 Å². The third-order valence-electron chi connectivity index (χ3n) is 3.24. The number of aliphatic hydroxyl groups excluding tert-OH is 1. The lowest BCUT2D eigenvalue weighted by Crippen LogP contribution is -2.25. The lowest BCUT2D eigenvalue weighted by molar-refractivity contribution is 0.238. The van der Waals surface area contributed by atoms with Gasteiger partial charge in [0.05, 0.1) is 10.6 Å². The standard InChI is InChI=1S/C12H16ClN3O2/c13-9-2-1-3-10(11(9)12(14)15-18)16-5-4-8(6-16)7-17/h1-3,8,17-18H,4-7H2,(H2,14,15). The molecule has 1 unspecified atom stereocenters. The van der Waals surface area contributed by atoms with Crippen LogP contribution >= 0.6 is 11.6 Å². The second kappa shape index (κ2) is 5.46. The van der Waals surface area contributed by atoms with Crippen molar-refractivity contribution in [3.63, 3.8) is 0 Å². The molecule has 1 aromatic rings. The van der Waals surface area contributed by atoms with Crippen LogP contribution in [-0.2, 0) is 0 Å². The third-order valence-corrected chi connectivity index (χ3v) is 3.56. The van der Waals surface area contributed by atoms with Crippen LogP contribution in [0.15, 0.2) is 23.4 Å². The van der Waals surface area contributed by atoms with Crippen molar-refractivity contribution in [3.8, 4) is 0 Å². The van der Waals surface area contributed by atoms with Gasteiger partial charge in [-0.2, -0.15) is 0 Å². The van der Waals surface area contributed by atoms with Crippen LogP contribution in [0.5, 0.6) is 0 Å². The number of nitrogens with two attached hydrogens (primary N) is 1. The van der Waals surface area contributed by atoms with Crippen LogP contribution in [0, 0.1) is 5.92 Å². The summed E-state index contributed by atoms with van der Waals surface area (Å²) in [5.41, 5.74) is 7.05. The number of benzene rings is 1. The summed E-state index contributed by atoms with van der Waals surface area (Å²) >= 11 is 6.10. The van der Waals surface area contributed by atoms with E-state index in [2.05, 4.69) is 10.1 Å². The fourth-order valence-electron chi connectivity index (χ4n) is 2.28. The van der Waals surface area contributed by atoms with Crippen LogP contribution in [0.2, 0.25) is 5.02 Å². The molecule has 1 heterocycles. The van der Waals surface area contributed by atoms with Crippen molar-refractivity contribution in [2.24, 2.45) is 16.8 Å². The highest BCUT2D eigenvalue weighted by atomic mass is 35.5. The zero-order valence-electron chi connectivity index (χ0n) is 9.88. The molecule has 6 heteroatoms. The van der Waals surface area contributed by atoms with E-state index in [0.29, 0.717) is 10.6 Å². The van der Waals surface area contributed by atoms with E-state index >= 15 is 0 Å². The van der Waals surface area contributed by atoms with Gasteiger partial charge in [0, 0.05) is 31.3 Å². The second-order valence-electron chi connectivity index (χ2n) is 4.40. The topological polar surface area (TPSA) is 82.1 Å². The Labute approximate surface area is 110 Å². The highest BCUT2D eigenvalue weighted by Crippen LogP contribution is 2.31. The lowest BCUT2D eigenvalue weighted by Gasteiger charge is -2.22. The maximum Gasteiger partial charge on any atom is 0.173 e. The van der Waals surface area contributed by atoms with E-state index in [0.717, 1.165) is 25.2 Å². The van der Waals surface area contributed by atoms with Gasteiger partial charge in [0.25, 0.3) is 0 Å². The molecular weight excluding hydrogens is 254 g/mol. The van der Waals surface area contributed by atoms with E-state index in [1.807, 2.05) is 12.1 Å². The number of rotatable bonds is 3. The molecule has 1 fully saturated rings. The minimum Gasteiger partial charge on any atom is -0.409 e. The van der Waals surface area contributed by atoms with Gasteiger partial charge >= 0.3 is 0 Å². The van der Waals surface area contributed by atoms with Gasteiger partial charge in [-0.15, -0.1) is 0 Å². The molecule has 1 aliphatic heterocycles. The molecule has 0 radical (unpaired) electrons. The maximum absolute atomic E-state index is 9.17. The van der Waals surface area contributed by atoms with Gasteiger partial charge in [0.1, 0.15) is 0 Å². The number of amidine groups is 1. The Morgan fingerprint density at radius 1 is 1.56 bits per heavy atom. The van der Waals surface area contributed by atoms with Crippen LogP contribution in [0.3, 0.4) is 0 Å². The Balaban J connectivity index is 2.36. The fourth-order valence-corrected chi connectivity index (χ4v) is 2.55. The van der Waals surface area contributed by atoms with E-state index in [9.17, 15) is 0 Å². The van der Waals surface area contributed by atoms with Crippen LogP contribution < -0.4 is 10.6 Å². The number of hydrogen-bond donors (Lipinski definition) is 3. The van der Waals surface area contributed by atoms with Crippen LogP contribution in [0.25, 0.3) is 0 Å². The molecular formula is C12H16ClN3O2. The number of halogens is 1. The zero-order valence-corrected chi connectivity index (χ0v) is 10.6. The SMILES string of the molecule is N/C(=N/O)c1c(Cl)cccc1N1CCC(CO)C1. The van der Waals surface area contributed by atoms with Crippen molar-refractivity contribution in [2.75, 3.05) is 24.6 Å². The van der Waals surface area contributed by atoms with Crippen molar-refractivity contribution in [1.29, 1.82) is 0 Å². The summed E-state index contributed by atoms with van der Waals surface area (Å²) in [4.78, 5) is 2.10. The van der Waals surface area contributed by atoms with E-state index in [1.54, 1.807) is 6.07 Å². The monoisotopic (exact) mass is 269 g/mol. The summed E-state index contributed by atoms with van der Waals surface area (Å²) in [6.07, 6.45) is 0.929. The summed E-state index contributed by atoms with van der Waals surface area (Å²) in [5, 5.41) is 21.5. The first-order chi connectivity index (χ1) is 8.67. The summed E-state index contributed by atoms with van der Waals surface area (Å²) < 4.78 is 0. The second-order valence-corrected chi connectivity index (χ2v) is 4.81. The van der Waals surface area contributed by atoms with Crippen molar-refractivity contribution in [3.05, 3.63) is 28.8 Å². The predicted octanol–water partition coefficient (Wildman–Crippen LogP) is 1.25. The minimum absolute atomic E-state index is 0.00282. The summed E-state index contributed by atoms with van der Waals surface area (Å²) in [6, 6.07) is 5.43. The third kappa shape index (κ3) is 2.37. The van der Waals surface area contributed by atoms with Gasteiger partial charge in [0.2, 0.25) is 0 Å². The minimum atomic E-state index is 0.00282. The first kappa shape index (κ1) is 13.0. The molecule has 18 heavy (non-hydrogen) atoms. The molecule has 0 bridgehead atoms. The molecule has 2 rings (SSSR count). The Morgan fingerprint density at radius 2 is 2.33 bits per heavy atom. The molecule has 0 aliphatic carbocycles. The van der Waals surface area contributed by atoms with Gasteiger partial charge in [-0.05, 0) is 18.6 Å². The molecule has 4 N–H and O–H groups in total. The first-order valence-corrected chi connectivity index (χ1v) is 6.17. The molecule has 0 aromatic heterocycles. The molecule has 98 valence electrons. The maximum atomic E-state index is 9.17. The molecule has 0 amide bonds. The van der Waals surface area contributed by atoms with Crippen molar-refractivity contribution in [2.45, 2.75) is 6.42 Å². The Kier molecular flexibility index (Phi) is 3.93. The highest BCUT2D eigenvalue weighted by molar-refractivity contribution is 6.34. The molecule has 1 aliphatic rings. The van der Waals surface area contributed by atoms with Crippen molar-refractivity contribution < 1.29 is 10.3 Å². The Morgan fingerprint density at radius 3 is 2.94 bits per heavy atom. The summed E-state index contributed by atoms with van der Waals surface area (Å²) in [6.45, 7) is 1.76. The first-order valence-electron chi connectivity index (χ1n) is 5.79. The van der Waals surface area contributed by atoms with Crippen LogP contribution in [0.4, 0.5) is 5.69 Å². The average Bonchev–Trinajstić information content (AvgIpc) is 2.86. The highest BCUT2D eigenvalue weighted by Gasteiger charge is 2.25.